The van der Waals surface area contributed by atoms with E-state index in [0.29, 0.717) is 22.6 Å². The molecule has 0 atom stereocenters. The van der Waals surface area contributed by atoms with Crippen LogP contribution in [0.15, 0.2) is 18.5 Å². The van der Waals surface area contributed by atoms with Gasteiger partial charge in [0.2, 0.25) is 5.95 Å². The number of nitrogens with one attached hydrogen (secondary N) is 2. The molecule has 2 rings (SSSR count). The molecule has 2 N–H and O–H groups in total. The van der Waals surface area contributed by atoms with Crippen LogP contribution < -0.4 is 10.6 Å². The molecule has 0 aliphatic heterocycles. The van der Waals surface area contributed by atoms with Gasteiger partial charge in [-0.05, 0) is 6.42 Å². The first-order valence-electron chi connectivity index (χ1n) is 5.72. The Labute approximate surface area is 110 Å². The lowest BCUT2D eigenvalue weighted by atomic mass is 10.5. The van der Waals surface area contributed by atoms with Crippen LogP contribution in [0.5, 0.6) is 0 Å². The van der Waals surface area contributed by atoms with Crippen molar-refractivity contribution in [3.05, 3.63) is 23.5 Å². The fourth-order valence-corrected chi connectivity index (χ4v) is 1.52. The first-order valence-corrected chi connectivity index (χ1v) is 6.10. The number of hydrogen-bond donors (Lipinski definition) is 2. The van der Waals surface area contributed by atoms with Crippen LogP contribution in [0.2, 0.25) is 5.02 Å². The second-order valence-electron chi connectivity index (χ2n) is 3.82. The number of halogens is 1. The van der Waals surface area contributed by atoms with Crippen molar-refractivity contribution in [1.29, 1.82) is 0 Å². The number of nitrogens with zero attached hydrogens (tertiary/aromatic N) is 4. The summed E-state index contributed by atoms with van der Waals surface area (Å²) in [6.45, 7) is 2.90. The predicted molar refractivity (Wildman–Crippen MR) is 72.3 cm³/mol. The summed E-state index contributed by atoms with van der Waals surface area (Å²) in [5.41, 5.74) is 0. The van der Waals surface area contributed by atoms with Crippen molar-refractivity contribution < 1.29 is 0 Å². The molecule has 0 aromatic carbocycles. The molecule has 96 valence electrons. The molecule has 2 aromatic rings. The van der Waals surface area contributed by atoms with E-state index in [0.717, 1.165) is 13.0 Å². The van der Waals surface area contributed by atoms with Gasteiger partial charge in [-0.3, -0.25) is 4.68 Å². The van der Waals surface area contributed by atoms with Crippen LogP contribution in [0.25, 0.3) is 0 Å². The fraction of sp³-hybridized carbons (Fsp3) is 0.364. The van der Waals surface area contributed by atoms with Gasteiger partial charge in [-0.1, -0.05) is 18.5 Å². The van der Waals surface area contributed by atoms with E-state index in [4.69, 9.17) is 11.6 Å². The maximum absolute atomic E-state index is 6.04. The van der Waals surface area contributed by atoms with Gasteiger partial charge in [0, 0.05) is 25.9 Å². The van der Waals surface area contributed by atoms with Crippen molar-refractivity contribution in [2.45, 2.75) is 13.3 Å². The molecule has 0 saturated carbocycles. The molecule has 0 bridgehead atoms. The zero-order valence-electron chi connectivity index (χ0n) is 10.3. The smallest absolute Gasteiger partial charge is 0.224 e. The van der Waals surface area contributed by atoms with Gasteiger partial charge < -0.3 is 10.6 Å². The maximum atomic E-state index is 6.04. The first kappa shape index (κ1) is 12.6. The molecular weight excluding hydrogens is 252 g/mol. The largest absolute Gasteiger partial charge is 0.354 e. The van der Waals surface area contributed by atoms with Crippen LogP contribution >= 0.6 is 11.6 Å². The summed E-state index contributed by atoms with van der Waals surface area (Å²) in [4.78, 5) is 8.40. The van der Waals surface area contributed by atoms with E-state index in [-0.39, 0.29) is 0 Å². The maximum Gasteiger partial charge on any atom is 0.224 e. The second-order valence-corrected chi connectivity index (χ2v) is 4.22. The molecule has 0 unspecified atom stereocenters. The van der Waals surface area contributed by atoms with Crippen molar-refractivity contribution in [3.8, 4) is 0 Å². The van der Waals surface area contributed by atoms with Crippen LogP contribution in [-0.4, -0.2) is 26.3 Å². The van der Waals surface area contributed by atoms with Crippen LogP contribution in [0.1, 0.15) is 13.3 Å². The van der Waals surface area contributed by atoms with Crippen molar-refractivity contribution >= 4 is 29.2 Å². The summed E-state index contributed by atoms with van der Waals surface area (Å²) in [5.74, 6) is 1.79. The highest BCUT2D eigenvalue weighted by molar-refractivity contribution is 6.32. The van der Waals surface area contributed by atoms with Crippen LogP contribution in [0.3, 0.4) is 0 Å². The van der Waals surface area contributed by atoms with Crippen LogP contribution in [0, 0.1) is 0 Å². The van der Waals surface area contributed by atoms with E-state index < -0.39 is 0 Å². The topological polar surface area (TPSA) is 67.7 Å². The summed E-state index contributed by atoms with van der Waals surface area (Å²) in [7, 11) is 1.85. The third kappa shape index (κ3) is 3.10. The minimum Gasteiger partial charge on any atom is -0.354 e. The van der Waals surface area contributed by atoms with E-state index in [1.807, 2.05) is 19.3 Å². The van der Waals surface area contributed by atoms with Crippen LogP contribution in [-0.2, 0) is 7.05 Å². The van der Waals surface area contributed by atoms with E-state index >= 15 is 0 Å². The Morgan fingerprint density at radius 1 is 1.44 bits per heavy atom. The molecule has 7 heteroatoms. The Morgan fingerprint density at radius 3 is 2.94 bits per heavy atom. The number of rotatable bonds is 5. The SMILES string of the molecule is CCCNc1ncc(Cl)c(Nc2ccn(C)n2)n1. The third-order valence-electron chi connectivity index (χ3n) is 2.24. The summed E-state index contributed by atoms with van der Waals surface area (Å²) in [6, 6.07) is 1.84. The molecule has 2 heterocycles. The average molecular weight is 267 g/mol. The zero-order valence-corrected chi connectivity index (χ0v) is 11.1. The Bertz CT molecular complexity index is 524. The lowest BCUT2D eigenvalue weighted by Gasteiger charge is -2.07. The quantitative estimate of drug-likeness (QED) is 0.870. The molecule has 0 spiro atoms. The molecular formula is C11H15ClN6. The van der Waals surface area contributed by atoms with Crippen molar-refractivity contribution in [3.63, 3.8) is 0 Å². The van der Waals surface area contributed by atoms with Crippen LogP contribution in [0.4, 0.5) is 17.6 Å². The fourth-order valence-electron chi connectivity index (χ4n) is 1.38. The molecule has 0 amide bonds. The van der Waals surface area contributed by atoms with Gasteiger partial charge in [-0.15, -0.1) is 0 Å². The second kappa shape index (κ2) is 5.68. The molecule has 6 nitrogen and oxygen atoms in total. The summed E-state index contributed by atoms with van der Waals surface area (Å²) in [6.07, 6.45) is 4.42. The Hall–Kier alpha value is -1.82. The lowest BCUT2D eigenvalue weighted by Crippen LogP contribution is -2.06. The number of aromatic nitrogens is 4. The molecule has 0 saturated heterocycles. The lowest BCUT2D eigenvalue weighted by molar-refractivity contribution is 0.771. The van der Waals surface area contributed by atoms with Gasteiger partial charge in [0.25, 0.3) is 0 Å². The Kier molecular flexibility index (Phi) is 3.99. The third-order valence-corrected chi connectivity index (χ3v) is 2.51. The van der Waals surface area contributed by atoms with Gasteiger partial charge in [0.15, 0.2) is 11.6 Å². The van der Waals surface area contributed by atoms with Gasteiger partial charge in [0.05, 0.1) is 6.20 Å². The van der Waals surface area contributed by atoms with Gasteiger partial charge >= 0.3 is 0 Å². The first-order chi connectivity index (χ1) is 8.69. The van der Waals surface area contributed by atoms with Crippen molar-refractivity contribution in [2.24, 2.45) is 7.05 Å². The van der Waals surface area contributed by atoms with E-state index in [9.17, 15) is 0 Å². The molecule has 0 aliphatic carbocycles. The minimum atomic E-state index is 0.461. The highest BCUT2D eigenvalue weighted by Gasteiger charge is 2.06. The summed E-state index contributed by atoms with van der Waals surface area (Å²) < 4.78 is 1.70. The Balaban J connectivity index is 2.15. The summed E-state index contributed by atoms with van der Waals surface area (Å²) >= 11 is 6.04. The molecule has 0 aliphatic rings. The normalized spacial score (nSPS) is 10.4. The van der Waals surface area contributed by atoms with Crippen molar-refractivity contribution in [1.82, 2.24) is 19.7 Å². The standard InChI is InChI=1S/C11H15ClN6/c1-3-5-13-11-14-7-8(12)10(16-11)15-9-4-6-18(2)17-9/h4,6-7H,3,5H2,1-2H3,(H2,13,14,15,16,17). The number of anilines is 3. The van der Waals surface area contributed by atoms with E-state index in [1.165, 1.54) is 0 Å². The number of aryl methyl sites for hydroxylation is 1. The average Bonchev–Trinajstić information content (AvgIpc) is 2.76. The zero-order chi connectivity index (χ0) is 13.0. The highest BCUT2D eigenvalue weighted by atomic mass is 35.5. The van der Waals surface area contributed by atoms with Crippen molar-refractivity contribution in [2.75, 3.05) is 17.2 Å². The molecule has 0 fully saturated rings. The van der Waals surface area contributed by atoms with E-state index in [1.54, 1.807) is 10.9 Å². The Morgan fingerprint density at radius 2 is 2.28 bits per heavy atom. The summed E-state index contributed by atoms with van der Waals surface area (Å²) in [5, 5.41) is 10.8. The molecule has 18 heavy (non-hydrogen) atoms. The number of hydrogen-bond acceptors (Lipinski definition) is 5. The molecule has 0 radical (unpaired) electrons. The monoisotopic (exact) mass is 266 g/mol. The predicted octanol–water partition coefficient (Wildman–Crippen LogP) is 2.43. The molecule has 2 aromatic heterocycles. The van der Waals surface area contributed by atoms with Gasteiger partial charge in [0.1, 0.15) is 5.02 Å². The van der Waals surface area contributed by atoms with E-state index in [2.05, 4.69) is 32.6 Å². The van der Waals surface area contributed by atoms with Gasteiger partial charge in [-0.25, -0.2) is 4.98 Å². The van der Waals surface area contributed by atoms with Gasteiger partial charge in [-0.2, -0.15) is 10.1 Å². The minimum absolute atomic E-state index is 0.461. The highest BCUT2D eigenvalue weighted by Crippen LogP contribution is 2.22.